The monoisotopic (exact) mass is 781 g/mol. The Bertz CT molecular complexity index is 3640. The van der Waals surface area contributed by atoms with Gasteiger partial charge in [0.2, 0.25) is 0 Å². The zero-order valence-electron chi connectivity index (χ0n) is 32.5. The smallest absolute Gasteiger partial charge is 0.179 e. The van der Waals surface area contributed by atoms with Gasteiger partial charge in [-0.1, -0.05) is 140 Å². The molecule has 5 heteroatoms. The first kappa shape index (κ1) is 34.2. The van der Waals surface area contributed by atoms with E-state index in [0.717, 1.165) is 66.2 Å². The van der Waals surface area contributed by atoms with E-state index in [-0.39, 0.29) is 0 Å². The van der Waals surface area contributed by atoms with E-state index >= 15 is 0 Å². The molecule has 0 aliphatic heterocycles. The normalized spacial score (nSPS) is 12.0. The van der Waals surface area contributed by atoms with E-state index in [1.165, 1.54) is 31.5 Å². The number of aromatic nitrogens is 2. The SMILES string of the molecule is N#Cc1ccc2c(c1)c1ccccc1n2-c1cccc([Si](c2ccccc2)(c2ccccc2)c2cccc(-n3c4ccccc4c4ccc5oc6ccccc6c5c43)c2)c1. The molecule has 0 radical (unpaired) electrons. The first-order chi connectivity index (χ1) is 29.7. The first-order valence-corrected chi connectivity index (χ1v) is 22.3. The van der Waals surface area contributed by atoms with Crippen molar-refractivity contribution in [3.8, 4) is 17.4 Å². The summed E-state index contributed by atoms with van der Waals surface area (Å²) in [5.41, 5.74) is 9.10. The molecular formula is C55H35N3OSi. The fourth-order valence-electron chi connectivity index (χ4n) is 9.99. The lowest BCUT2D eigenvalue weighted by atomic mass is 10.1. The van der Waals surface area contributed by atoms with Gasteiger partial charge in [0.05, 0.1) is 39.1 Å². The highest BCUT2D eigenvalue weighted by atomic mass is 28.3. The molecule has 12 aromatic rings. The molecule has 0 saturated heterocycles. The molecular weight excluding hydrogens is 747 g/mol. The molecule has 4 nitrogen and oxygen atoms in total. The van der Waals surface area contributed by atoms with Crippen molar-refractivity contribution >= 4 is 94.4 Å². The summed E-state index contributed by atoms with van der Waals surface area (Å²) in [5, 5.41) is 21.9. The predicted octanol–water partition coefficient (Wildman–Crippen LogP) is 11.0. The summed E-state index contributed by atoms with van der Waals surface area (Å²) in [5.74, 6) is 0. The Hall–Kier alpha value is -7.91. The third-order valence-electron chi connectivity index (χ3n) is 12.5. The van der Waals surface area contributed by atoms with Crippen molar-refractivity contribution in [2.75, 3.05) is 0 Å². The van der Waals surface area contributed by atoms with Crippen molar-refractivity contribution in [1.82, 2.24) is 9.13 Å². The Morgan fingerprint density at radius 3 is 1.58 bits per heavy atom. The standard InChI is InChI=1S/C55H35N3OSi/c56-36-37-29-31-51-48(33-37)45-24-8-10-26-49(45)57(51)38-15-13-21-42(34-38)60(40-17-3-1-4-18-40,41-19-5-2-6-20-41)43-22-14-16-39(35-43)58-50-27-11-7-23-44(50)46-30-32-53-54(55(46)58)47-25-9-12-28-52(47)59-53/h1-35H. The maximum Gasteiger partial charge on any atom is 0.179 e. The number of para-hydroxylation sites is 3. The lowest BCUT2D eigenvalue weighted by Gasteiger charge is -2.35. The number of nitrogens with zero attached hydrogens (tertiary/aromatic N) is 3. The summed E-state index contributed by atoms with van der Waals surface area (Å²) in [4.78, 5) is 0. The number of hydrogen-bond acceptors (Lipinski definition) is 2. The molecule has 60 heavy (non-hydrogen) atoms. The molecule has 0 spiro atoms. The van der Waals surface area contributed by atoms with Crippen LogP contribution in [0.4, 0.5) is 0 Å². The molecule has 0 amide bonds. The summed E-state index contributed by atoms with van der Waals surface area (Å²) in [6.45, 7) is 0. The molecule has 0 saturated carbocycles. The summed E-state index contributed by atoms with van der Waals surface area (Å²) < 4.78 is 11.3. The van der Waals surface area contributed by atoms with Crippen molar-refractivity contribution in [1.29, 1.82) is 5.26 Å². The van der Waals surface area contributed by atoms with Crippen LogP contribution >= 0.6 is 0 Å². The second-order valence-corrected chi connectivity index (χ2v) is 19.4. The minimum Gasteiger partial charge on any atom is -0.456 e. The van der Waals surface area contributed by atoms with E-state index in [1.54, 1.807) is 0 Å². The van der Waals surface area contributed by atoms with Gasteiger partial charge in [-0.2, -0.15) is 5.26 Å². The van der Waals surface area contributed by atoms with E-state index in [0.29, 0.717) is 5.56 Å². The number of furan rings is 1. The van der Waals surface area contributed by atoms with Crippen molar-refractivity contribution in [2.24, 2.45) is 0 Å². The number of nitriles is 1. The number of fused-ring (bicyclic) bond motifs is 10. The molecule has 0 bridgehead atoms. The van der Waals surface area contributed by atoms with E-state index in [4.69, 9.17) is 4.42 Å². The average molecular weight is 782 g/mol. The molecule has 0 N–H and O–H groups in total. The highest BCUT2D eigenvalue weighted by molar-refractivity contribution is 7.20. The maximum atomic E-state index is 9.85. The molecule has 0 atom stereocenters. The van der Waals surface area contributed by atoms with Gasteiger partial charge in [-0.05, 0) is 93.5 Å². The lowest BCUT2D eigenvalue weighted by Crippen LogP contribution is -2.74. The molecule has 0 unspecified atom stereocenters. The van der Waals surface area contributed by atoms with Crippen molar-refractivity contribution in [2.45, 2.75) is 0 Å². The topological polar surface area (TPSA) is 46.8 Å². The third kappa shape index (κ3) is 4.89. The summed E-state index contributed by atoms with van der Waals surface area (Å²) in [6, 6.07) is 79.1. The van der Waals surface area contributed by atoms with Gasteiger partial charge in [0, 0.05) is 38.3 Å². The molecule has 9 aromatic carbocycles. The first-order valence-electron chi connectivity index (χ1n) is 20.3. The molecule has 0 aliphatic rings. The Kier molecular flexibility index (Phi) is 7.58. The predicted molar refractivity (Wildman–Crippen MR) is 251 cm³/mol. The van der Waals surface area contributed by atoms with Crippen LogP contribution in [-0.2, 0) is 0 Å². The quantitative estimate of drug-likeness (QED) is 0.125. The minimum atomic E-state index is -3.04. The van der Waals surface area contributed by atoms with Gasteiger partial charge in [-0.3, -0.25) is 0 Å². The highest BCUT2D eigenvalue weighted by Crippen LogP contribution is 2.41. The molecule has 0 aliphatic carbocycles. The molecule has 3 heterocycles. The zero-order valence-corrected chi connectivity index (χ0v) is 33.5. The molecule has 0 fully saturated rings. The van der Waals surface area contributed by atoms with Crippen LogP contribution in [0.15, 0.2) is 217 Å². The second-order valence-electron chi connectivity index (χ2n) is 15.6. The Morgan fingerprint density at radius 2 is 0.917 bits per heavy atom. The molecule has 3 aromatic heterocycles. The Balaban J connectivity index is 1.17. The van der Waals surface area contributed by atoms with E-state index in [9.17, 15) is 5.26 Å². The van der Waals surface area contributed by atoms with Gasteiger partial charge in [0.15, 0.2) is 8.07 Å². The minimum absolute atomic E-state index is 0.656. The van der Waals surface area contributed by atoms with Crippen LogP contribution in [0.5, 0.6) is 0 Å². The van der Waals surface area contributed by atoms with Crippen molar-refractivity contribution in [3.05, 3.63) is 218 Å². The maximum absolute atomic E-state index is 9.85. The third-order valence-corrected chi connectivity index (χ3v) is 17.2. The summed E-state index contributed by atoms with van der Waals surface area (Å²) >= 11 is 0. The highest BCUT2D eigenvalue weighted by Gasteiger charge is 2.42. The van der Waals surface area contributed by atoms with Gasteiger partial charge in [0.1, 0.15) is 11.2 Å². The van der Waals surface area contributed by atoms with Gasteiger partial charge in [-0.15, -0.1) is 0 Å². The van der Waals surface area contributed by atoms with Crippen molar-refractivity contribution in [3.63, 3.8) is 0 Å². The molecule has 280 valence electrons. The van der Waals surface area contributed by atoms with E-state index in [1.807, 2.05) is 18.2 Å². The number of rotatable bonds is 6. The largest absolute Gasteiger partial charge is 0.456 e. The van der Waals surface area contributed by atoms with E-state index < -0.39 is 8.07 Å². The average Bonchev–Trinajstić information content (AvgIpc) is 3.98. The van der Waals surface area contributed by atoms with Crippen molar-refractivity contribution < 1.29 is 4.42 Å². The van der Waals surface area contributed by atoms with Crippen LogP contribution in [0.2, 0.25) is 0 Å². The molecule has 12 rings (SSSR count). The van der Waals surface area contributed by atoms with Crippen LogP contribution in [0.3, 0.4) is 0 Å². The van der Waals surface area contributed by atoms with Crippen LogP contribution in [0.1, 0.15) is 5.56 Å². The van der Waals surface area contributed by atoms with Gasteiger partial charge in [-0.25, -0.2) is 0 Å². The number of hydrogen-bond donors (Lipinski definition) is 0. The fraction of sp³-hybridized carbons (Fsp3) is 0. The Labute approximate surface area is 347 Å². The van der Waals surface area contributed by atoms with Crippen LogP contribution in [0, 0.1) is 11.3 Å². The lowest BCUT2D eigenvalue weighted by molar-refractivity contribution is 0.669. The van der Waals surface area contributed by atoms with Gasteiger partial charge < -0.3 is 13.6 Å². The van der Waals surface area contributed by atoms with Gasteiger partial charge >= 0.3 is 0 Å². The zero-order chi connectivity index (χ0) is 39.8. The van der Waals surface area contributed by atoms with Crippen LogP contribution in [0.25, 0.3) is 76.9 Å². The Morgan fingerprint density at radius 1 is 0.383 bits per heavy atom. The summed E-state index contributed by atoms with van der Waals surface area (Å²) in [7, 11) is -3.04. The summed E-state index contributed by atoms with van der Waals surface area (Å²) in [6.07, 6.45) is 0. The van der Waals surface area contributed by atoms with Gasteiger partial charge in [0.25, 0.3) is 0 Å². The van der Waals surface area contributed by atoms with Crippen LogP contribution < -0.4 is 20.7 Å². The number of benzene rings is 9. The van der Waals surface area contributed by atoms with Crippen LogP contribution in [-0.4, -0.2) is 17.2 Å². The second kappa shape index (κ2) is 13.3. The van der Waals surface area contributed by atoms with E-state index in [2.05, 4.69) is 209 Å². The fourth-order valence-corrected chi connectivity index (χ4v) is 14.8.